The van der Waals surface area contributed by atoms with Crippen molar-refractivity contribution in [3.8, 4) is 5.75 Å². The average molecular weight is 515 g/mol. The maximum absolute atomic E-state index is 13.3. The number of nitrogens with zero attached hydrogens (tertiary/aromatic N) is 1. The minimum absolute atomic E-state index is 0.105. The fraction of sp³-hybridized carbons (Fsp3) is 0.481. The van der Waals surface area contributed by atoms with Crippen molar-refractivity contribution in [1.29, 1.82) is 0 Å². The number of hydrogen-bond acceptors (Lipinski definition) is 3. The number of benzene rings is 2. The maximum Gasteiger partial charge on any atom is 0.261 e. The van der Waals surface area contributed by atoms with Crippen LogP contribution in [-0.2, 0) is 16.1 Å². The molecule has 1 N–H and O–H groups in total. The predicted octanol–water partition coefficient (Wildman–Crippen LogP) is 5.74. The van der Waals surface area contributed by atoms with E-state index in [1.807, 2.05) is 49.4 Å². The summed E-state index contributed by atoms with van der Waals surface area (Å²) in [4.78, 5) is 27.9. The van der Waals surface area contributed by atoms with Gasteiger partial charge in [-0.3, -0.25) is 9.59 Å². The molecule has 2 aromatic rings. The van der Waals surface area contributed by atoms with E-state index in [2.05, 4.69) is 35.1 Å². The first kappa shape index (κ1) is 25.3. The van der Waals surface area contributed by atoms with E-state index in [-0.39, 0.29) is 24.5 Å². The van der Waals surface area contributed by atoms with Crippen LogP contribution >= 0.6 is 15.9 Å². The number of rotatable bonds is 9. The lowest BCUT2D eigenvalue weighted by molar-refractivity contribution is -0.142. The van der Waals surface area contributed by atoms with Gasteiger partial charge in [-0.2, -0.15) is 0 Å². The summed E-state index contributed by atoms with van der Waals surface area (Å²) in [5.41, 5.74) is 3.31. The minimum atomic E-state index is -0.590. The number of ether oxygens (including phenoxy) is 1. The highest BCUT2D eigenvalue weighted by Crippen LogP contribution is 2.29. The second kappa shape index (κ2) is 11.7. The van der Waals surface area contributed by atoms with Crippen LogP contribution in [0.15, 0.2) is 46.9 Å². The van der Waals surface area contributed by atoms with Crippen molar-refractivity contribution in [2.45, 2.75) is 77.9 Å². The molecule has 0 saturated heterocycles. The van der Waals surface area contributed by atoms with E-state index in [1.165, 1.54) is 5.56 Å². The molecule has 1 aliphatic carbocycles. The number of nitrogens with one attached hydrogen (secondary N) is 1. The van der Waals surface area contributed by atoms with Crippen molar-refractivity contribution in [3.05, 3.63) is 63.6 Å². The lowest BCUT2D eigenvalue weighted by atomic mass is 10.0. The zero-order valence-corrected chi connectivity index (χ0v) is 21.7. The van der Waals surface area contributed by atoms with Gasteiger partial charge in [0.2, 0.25) is 5.91 Å². The SMILES string of the molecule is Cc1ccccc1CN(C(=O)COc1ccc(C(C)C)cc1Br)C(C)C(=O)NC1CCCC1. The van der Waals surface area contributed by atoms with Crippen LogP contribution in [0, 0.1) is 6.92 Å². The van der Waals surface area contributed by atoms with E-state index >= 15 is 0 Å². The predicted molar refractivity (Wildman–Crippen MR) is 135 cm³/mol. The summed E-state index contributed by atoms with van der Waals surface area (Å²) in [6, 6.07) is 13.5. The third kappa shape index (κ3) is 6.83. The number of hydrogen-bond donors (Lipinski definition) is 1. The molecule has 5 nitrogen and oxygen atoms in total. The third-order valence-electron chi connectivity index (χ3n) is 6.44. The van der Waals surface area contributed by atoms with Crippen LogP contribution in [0.1, 0.15) is 69.1 Å². The smallest absolute Gasteiger partial charge is 0.261 e. The summed E-state index contributed by atoms with van der Waals surface area (Å²) < 4.78 is 6.69. The van der Waals surface area contributed by atoms with Crippen LogP contribution in [0.4, 0.5) is 0 Å². The Hall–Kier alpha value is -2.34. The molecule has 0 heterocycles. The van der Waals surface area contributed by atoms with Gasteiger partial charge < -0.3 is 15.0 Å². The Kier molecular flexibility index (Phi) is 8.95. The molecule has 6 heteroatoms. The van der Waals surface area contributed by atoms with Crippen molar-refractivity contribution in [2.24, 2.45) is 0 Å². The van der Waals surface area contributed by atoms with E-state index in [1.54, 1.807) is 11.8 Å². The first-order chi connectivity index (χ1) is 15.8. The van der Waals surface area contributed by atoms with E-state index < -0.39 is 6.04 Å². The number of aryl methyl sites for hydroxylation is 1. The topological polar surface area (TPSA) is 58.6 Å². The van der Waals surface area contributed by atoms with Crippen molar-refractivity contribution < 1.29 is 14.3 Å². The second-order valence-electron chi connectivity index (χ2n) is 9.25. The Morgan fingerprint density at radius 3 is 2.45 bits per heavy atom. The number of amides is 2. The van der Waals surface area contributed by atoms with Gasteiger partial charge in [0.05, 0.1) is 4.47 Å². The molecule has 2 amide bonds. The molecule has 33 heavy (non-hydrogen) atoms. The standard InChI is InChI=1S/C27H35BrN2O3/c1-18(2)21-13-14-25(24(28)15-21)33-17-26(31)30(16-22-10-6-5-9-19(22)3)20(4)27(32)29-23-11-7-8-12-23/h5-6,9-10,13-15,18,20,23H,7-8,11-12,16-17H2,1-4H3,(H,29,32). The molecule has 0 spiro atoms. The van der Waals surface area contributed by atoms with E-state index in [0.29, 0.717) is 18.2 Å². The molecular weight excluding hydrogens is 480 g/mol. The highest BCUT2D eigenvalue weighted by Gasteiger charge is 2.29. The van der Waals surface area contributed by atoms with Crippen molar-refractivity contribution in [1.82, 2.24) is 10.2 Å². The van der Waals surface area contributed by atoms with Gasteiger partial charge in [0.25, 0.3) is 5.91 Å². The van der Waals surface area contributed by atoms with Crippen molar-refractivity contribution >= 4 is 27.7 Å². The van der Waals surface area contributed by atoms with E-state index in [4.69, 9.17) is 4.74 Å². The van der Waals surface area contributed by atoms with Crippen molar-refractivity contribution in [3.63, 3.8) is 0 Å². The first-order valence-electron chi connectivity index (χ1n) is 11.8. The van der Waals surface area contributed by atoms with Crippen LogP contribution in [0.2, 0.25) is 0 Å². The Morgan fingerprint density at radius 1 is 1.12 bits per heavy atom. The van der Waals surface area contributed by atoms with Crippen LogP contribution in [-0.4, -0.2) is 35.4 Å². The molecule has 1 aliphatic rings. The summed E-state index contributed by atoms with van der Waals surface area (Å²) in [5.74, 6) is 0.700. The van der Waals surface area contributed by atoms with Gasteiger partial charge in [-0.05, 0) is 77.4 Å². The highest BCUT2D eigenvalue weighted by atomic mass is 79.9. The van der Waals surface area contributed by atoms with Crippen molar-refractivity contribution in [2.75, 3.05) is 6.61 Å². The summed E-state index contributed by atoms with van der Waals surface area (Å²) in [5, 5.41) is 3.13. The van der Waals surface area contributed by atoms with Gasteiger partial charge in [-0.1, -0.05) is 57.0 Å². The van der Waals surface area contributed by atoms with Crippen LogP contribution in [0.5, 0.6) is 5.75 Å². The van der Waals surface area contributed by atoms with Gasteiger partial charge in [0, 0.05) is 12.6 Å². The van der Waals surface area contributed by atoms with Crippen LogP contribution in [0.3, 0.4) is 0 Å². The molecule has 1 unspecified atom stereocenters. The molecule has 2 aromatic carbocycles. The van der Waals surface area contributed by atoms with Gasteiger partial charge in [0.1, 0.15) is 11.8 Å². The van der Waals surface area contributed by atoms with Gasteiger partial charge in [-0.15, -0.1) is 0 Å². The molecule has 0 bridgehead atoms. The largest absolute Gasteiger partial charge is 0.483 e. The Labute approximate surface area is 206 Å². The molecule has 0 aliphatic heterocycles. The van der Waals surface area contributed by atoms with Gasteiger partial charge in [-0.25, -0.2) is 0 Å². The number of carbonyl (C=O) groups excluding carboxylic acids is 2. The van der Waals surface area contributed by atoms with Gasteiger partial charge >= 0.3 is 0 Å². The lowest BCUT2D eigenvalue weighted by Gasteiger charge is -2.30. The summed E-state index contributed by atoms with van der Waals surface area (Å²) in [6.45, 7) is 8.31. The Morgan fingerprint density at radius 2 is 1.82 bits per heavy atom. The molecular formula is C27H35BrN2O3. The highest BCUT2D eigenvalue weighted by molar-refractivity contribution is 9.10. The fourth-order valence-corrected chi connectivity index (χ4v) is 4.67. The molecule has 178 valence electrons. The molecule has 0 radical (unpaired) electrons. The maximum atomic E-state index is 13.3. The molecule has 0 aromatic heterocycles. The number of halogens is 1. The Balaban J connectivity index is 1.73. The molecule has 1 fully saturated rings. The van der Waals surface area contributed by atoms with Crippen LogP contribution < -0.4 is 10.1 Å². The van der Waals surface area contributed by atoms with Gasteiger partial charge in [0.15, 0.2) is 6.61 Å². The zero-order chi connectivity index (χ0) is 24.0. The summed E-state index contributed by atoms with van der Waals surface area (Å²) >= 11 is 3.55. The first-order valence-corrected chi connectivity index (χ1v) is 12.6. The number of carbonyl (C=O) groups is 2. The minimum Gasteiger partial charge on any atom is -0.483 e. The molecule has 3 rings (SSSR count). The molecule has 1 atom stereocenters. The average Bonchev–Trinajstić information content (AvgIpc) is 3.30. The fourth-order valence-electron chi connectivity index (χ4n) is 4.16. The van der Waals surface area contributed by atoms with E-state index in [9.17, 15) is 9.59 Å². The summed E-state index contributed by atoms with van der Waals surface area (Å²) in [7, 11) is 0. The monoisotopic (exact) mass is 514 g/mol. The summed E-state index contributed by atoms with van der Waals surface area (Å²) in [6.07, 6.45) is 4.30. The second-order valence-corrected chi connectivity index (χ2v) is 10.1. The van der Waals surface area contributed by atoms with E-state index in [0.717, 1.165) is 41.3 Å². The third-order valence-corrected chi connectivity index (χ3v) is 7.06. The lowest BCUT2D eigenvalue weighted by Crippen LogP contribution is -2.50. The normalized spacial score (nSPS) is 14.8. The zero-order valence-electron chi connectivity index (χ0n) is 20.1. The van der Waals surface area contributed by atoms with Crippen LogP contribution in [0.25, 0.3) is 0 Å². The quantitative estimate of drug-likeness (QED) is 0.464. The molecule has 1 saturated carbocycles. The Bertz CT molecular complexity index is 970.